The normalized spacial score (nSPS) is 11.7. The fourth-order valence-electron chi connectivity index (χ4n) is 3.28. The number of aryl methyl sites for hydroxylation is 2. The smallest absolute Gasteiger partial charge is 0.190 e. The van der Waals surface area contributed by atoms with Gasteiger partial charge in [0, 0.05) is 49.1 Å². The number of nitrogens with zero attached hydrogens (tertiary/aromatic N) is 2. The monoisotopic (exact) mass is 363 g/mol. The van der Waals surface area contributed by atoms with Gasteiger partial charge in [0.05, 0.1) is 0 Å². The third-order valence-electron chi connectivity index (χ3n) is 4.86. The highest BCUT2D eigenvalue weighted by Gasteiger charge is 2.06. The van der Waals surface area contributed by atoms with Crippen molar-refractivity contribution in [2.24, 2.45) is 4.99 Å². The van der Waals surface area contributed by atoms with Gasteiger partial charge in [-0.1, -0.05) is 31.2 Å². The number of hydrogen-bond acceptors (Lipinski definition) is 2. The maximum absolute atomic E-state index is 4.34. The second-order valence-corrected chi connectivity index (χ2v) is 6.74. The number of para-hydroxylation sites is 1. The van der Waals surface area contributed by atoms with Gasteiger partial charge in [-0.25, -0.2) is 0 Å². The summed E-state index contributed by atoms with van der Waals surface area (Å²) in [5.41, 5.74) is 6.26. The lowest BCUT2D eigenvalue weighted by Crippen LogP contribution is -2.39. The van der Waals surface area contributed by atoms with Crippen LogP contribution in [0.4, 0.5) is 0 Å². The van der Waals surface area contributed by atoms with Crippen LogP contribution in [-0.4, -0.2) is 36.1 Å². The molecule has 142 valence electrons. The van der Waals surface area contributed by atoms with E-state index >= 15 is 0 Å². The average Bonchev–Trinajstić information content (AvgIpc) is 3.11. The number of guanidine groups is 1. The fourth-order valence-corrected chi connectivity index (χ4v) is 3.28. The van der Waals surface area contributed by atoms with Gasteiger partial charge in [0.15, 0.2) is 5.96 Å². The highest BCUT2D eigenvalue weighted by atomic mass is 15.2. The zero-order valence-corrected chi connectivity index (χ0v) is 16.5. The van der Waals surface area contributed by atoms with E-state index in [1.54, 1.807) is 0 Å². The van der Waals surface area contributed by atoms with Crippen LogP contribution in [0.5, 0.6) is 0 Å². The van der Waals surface area contributed by atoms with E-state index in [0.29, 0.717) is 0 Å². The Balaban J connectivity index is 1.48. The number of pyridine rings is 1. The van der Waals surface area contributed by atoms with Crippen molar-refractivity contribution in [2.75, 3.05) is 20.1 Å². The zero-order chi connectivity index (χ0) is 19.1. The van der Waals surface area contributed by atoms with Gasteiger partial charge >= 0.3 is 0 Å². The summed E-state index contributed by atoms with van der Waals surface area (Å²) in [6, 6.07) is 10.7. The minimum absolute atomic E-state index is 0.831. The summed E-state index contributed by atoms with van der Waals surface area (Å²) in [7, 11) is 1.81. The van der Waals surface area contributed by atoms with Crippen molar-refractivity contribution in [3.63, 3.8) is 0 Å². The molecular weight excluding hydrogens is 334 g/mol. The SMILES string of the molecule is CCc1cccc2c(CCNC(=NC)NCCc3ccc(C)nc3)c[nH]c12. The molecule has 0 fully saturated rings. The predicted molar refractivity (Wildman–Crippen MR) is 113 cm³/mol. The lowest BCUT2D eigenvalue weighted by molar-refractivity contribution is 0.784. The van der Waals surface area contributed by atoms with E-state index in [-0.39, 0.29) is 0 Å². The molecule has 0 atom stereocenters. The average molecular weight is 364 g/mol. The maximum atomic E-state index is 4.34. The highest BCUT2D eigenvalue weighted by molar-refractivity contribution is 5.86. The van der Waals surface area contributed by atoms with Gasteiger partial charge < -0.3 is 15.6 Å². The van der Waals surface area contributed by atoms with Crippen molar-refractivity contribution < 1.29 is 0 Å². The van der Waals surface area contributed by atoms with E-state index in [4.69, 9.17) is 0 Å². The predicted octanol–water partition coefficient (Wildman–Crippen LogP) is 3.38. The minimum Gasteiger partial charge on any atom is -0.361 e. The third kappa shape index (κ3) is 4.88. The molecule has 0 unspecified atom stereocenters. The largest absolute Gasteiger partial charge is 0.361 e. The number of H-pyrrole nitrogens is 1. The Morgan fingerprint density at radius 1 is 1.07 bits per heavy atom. The van der Waals surface area contributed by atoms with Gasteiger partial charge in [-0.15, -0.1) is 0 Å². The quantitative estimate of drug-likeness (QED) is 0.445. The van der Waals surface area contributed by atoms with Gasteiger partial charge in [-0.2, -0.15) is 0 Å². The van der Waals surface area contributed by atoms with E-state index in [1.807, 2.05) is 26.2 Å². The van der Waals surface area contributed by atoms with Crippen molar-refractivity contribution >= 4 is 16.9 Å². The Hall–Kier alpha value is -2.82. The lowest BCUT2D eigenvalue weighted by atomic mass is 10.1. The molecule has 3 N–H and O–H groups in total. The number of aromatic amines is 1. The summed E-state index contributed by atoms with van der Waals surface area (Å²) < 4.78 is 0. The summed E-state index contributed by atoms with van der Waals surface area (Å²) in [5, 5.41) is 8.10. The molecule has 0 bridgehead atoms. The van der Waals surface area contributed by atoms with E-state index in [0.717, 1.165) is 44.0 Å². The molecule has 3 aromatic rings. The number of benzene rings is 1. The van der Waals surface area contributed by atoms with E-state index < -0.39 is 0 Å². The first-order valence-corrected chi connectivity index (χ1v) is 9.65. The number of nitrogens with one attached hydrogen (secondary N) is 3. The highest BCUT2D eigenvalue weighted by Crippen LogP contribution is 2.22. The zero-order valence-electron chi connectivity index (χ0n) is 16.5. The Morgan fingerprint density at radius 2 is 1.89 bits per heavy atom. The van der Waals surface area contributed by atoms with Crippen LogP contribution in [0.1, 0.15) is 29.3 Å². The van der Waals surface area contributed by atoms with Gasteiger partial charge in [0.1, 0.15) is 0 Å². The Bertz CT molecular complexity index is 893. The third-order valence-corrected chi connectivity index (χ3v) is 4.86. The summed E-state index contributed by atoms with van der Waals surface area (Å²) >= 11 is 0. The van der Waals surface area contributed by atoms with Gasteiger partial charge in [-0.3, -0.25) is 9.98 Å². The van der Waals surface area contributed by atoms with E-state index in [9.17, 15) is 0 Å². The van der Waals surface area contributed by atoms with Crippen molar-refractivity contribution in [1.29, 1.82) is 0 Å². The molecule has 3 rings (SSSR count). The van der Waals surface area contributed by atoms with Crippen molar-refractivity contribution in [3.05, 3.63) is 65.1 Å². The molecule has 0 spiro atoms. The molecule has 2 heterocycles. The topological polar surface area (TPSA) is 65.1 Å². The molecule has 0 radical (unpaired) electrons. The lowest BCUT2D eigenvalue weighted by Gasteiger charge is -2.11. The summed E-state index contributed by atoms with van der Waals surface area (Å²) in [5.74, 6) is 0.837. The molecule has 2 aromatic heterocycles. The maximum Gasteiger partial charge on any atom is 0.190 e. The molecule has 0 saturated heterocycles. The molecule has 0 aliphatic heterocycles. The van der Waals surface area contributed by atoms with Crippen molar-refractivity contribution in [1.82, 2.24) is 20.6 Å². The van der Waals surface area contributed by atoms with Gasteiger partial charge in [0.2, 0.25) is 0 Å². The van der Waals surface area contributed by atoms with Crippen LogP contribution in [0, 0.1) is 6.92 Å². The fraction of sp³-hybridized carbons (Fsp3) is 0.364. The first-order valence-electron chi connectivity index (χ1n) is 9.65. The molecular formula is C22H29N5. The van der Waals surface area contributed by atoms with Gasteiger partial charge in [0.25, 0.3) is 0 Å². The second-order valence-electron chi connectivity index (χ2n) is 6.74. The molecule has 27 heavy (non-hydrogen) atoms. The standard InChI is InChI=1S/C22H29N5/c1-4-18-6-5-7-20-19(15-27-21(18)20)11-13-25-22(23-3)24-12-10-17-9-8-16(2)26-14-17/h5-9,14-15,27H,4,10-13H2,1-3H3,(H2,23,24,25). The number of aromatic nitrogens is 2. The van der Waals surface area contributed by atoms with Crippen LogP contribution >= 0.6 is 0 Å². The van der Waals surface area contributed by atoms with E-state index in [2.05, 4.69) is 63.0 Å². The number of aliphatic imine (C=N–C) groups is 1. The van der Waals surface area contributed by atoms with Gasteiger partial charge in [-0.05, 0) is 48.9 Å². The Morgan fingerprint density at radius 3 is 2.59 bits per heavy atom. The number of rotatable bonds is 7. The molecule has 0 aliphatic rings. The van der Waals surface area contributed by atoms with Crippen LogP contribution in [-0.2, 0) is 19.3 Å². The van der Waals surface area contributed by atoms with Crippen LogP contribution in [0.3, 0.4) is 0 Å². The van der Waals surface area contributed by atoms with Crippen LogP contribution in [0.2, 0.25) is 0 Å². The first-order chi connectivity index (χ1) is 13.2. The van der Waals surface area contributed by atoms with Crippen LogP contribution < -0.4 is 10.6 Å². The number of fused-ring (bicyclic) bond motifs is 1. The van der Waals surface area contributed by atoms with Crippen molar-refractivity contribution in [2.45, 2.75) is 33.1 Å². The summed E-state index contributed by atoms with van der Waals surface area (Å²) in [6.45, 7) is 5.87. The molecule has 1 aromatic carbocycles. The van der Waals surface area contributed by atoms with E-state index in [1.165, 1.54) is 27.6 Å². The van der Waals surface area contributed by atoms with Crippen LogP contribution in [0.15, 0.2) is 47.7 Å². The Labute approximate surface area is 161 Å². The first kappa shape index (κ1) is 19.0. The molecule has 0 aliphatic carbocycles. The molecule has 5 nitrogen and oxygen atoms in total. The molecule has 0 amide bonds. The molecule has 5 heteroatoms. The summed E-state index contributed by atoms with van der Waals surface area (Å²) in [6.07, 6.45) is 7.00. The second kappa shape index (κ2) is 9.21. The minimum atomic E-state index is 0.831. The summed E-state index contributed by atoms with van der Waals surface area (Å²) in [4.78, 5) is 12.1. The Kier molecular flexibility index (Phi) is 6.47. The van der Waals surface area contributed by atoms with Crippen LogP contribution in [0.25, 0.3) is 10.9 Å². The molecule has 0 saturated carbocycles. The van der Waals surface area contributed by atoms with Crippen molar-refractivity contribution in [3.8, 4) is 0 Å². The number of hydrogen-bond donors (Lipinski definition) is 3.